The van der Waals surface area contributed by atoms with E-state index in [-0.39, 0.29) is 17.3 Å². The molecule has 24 heavy (non-hydrogen) atoms. The third-order valence-electron chi connectivity index (χ3n) is 3.43. The van der Waals surface area contributed by atoms with Crippen molar-refractivity contribution in [3.05, 3.63) is 56.1 Å². The SMILES string of the molecule is Cc1cc(I)ccc1N(OC(C)CCO)c1ccc(Cl)c(F)c1F. The molecule has 0 fully saturated rings. The number of nitrogens with zero attached hydrogens (tertiary/aromatic N) is 1. The summed E-state index contributed by atoms with van der Waals surface area (Å²) in [5.41, 5.74) is 1.35. The van der Waals surface area contributed by atoms with Crippen LogP contribution in [-0.4, -0.2) is 17.8 Å². The lowest BCUT2D eigenvalue weighted by atomic mass is 10.2. The molecule has 0 aromatic heterocycles. The van der Waals surface area contributed by atoms with Crippen LogP contribution < -0.4 is 5.06 Å². The van der Waals surface area contributed by atoms with Crippen LogP contribution in [0.25, 0.3) is 0 Å². The van der Waals surface area contributed by atoms with Gasteiger partial charge in [-0.25, -0.2) is 13.8 Å². The molecule has 7 heteroatoms. The molecule has 0 amide bonds. The normalized spacial score (nSPS) is 12.3. The van der Waals surface area contributed by atoms with Crippen LogP contribution in [0.5, 0.6) is 0 Å². The van der Waals surface area contributed by atoms with E-state index < -0.39 is 17.7 Å². The highest BCUT2D eigenvalue weighted by Gasteiger charge is 2.23. The average molecular weight is 468 g/mol. The summed E-state index contributed by atoms with van der Waals surface area (Å²) < 4.78 is 29.3. The summed E-state index contributed by atoms with van der Waals surface area (Å²) in [5.74, 6) is -2.21. The summed E-state index contributed by atoms with van der Waals surface area (Å²) in [4.78, 5) is 5.78. The zero-order chi connectivity index (χ0) is 17.9. The predicted molar refractivity (Wildman–Crippen MR) is 99.7 cm³/mol. The fourth-order valence-electron chi connectivity index (χ4n) is 2.18. The molecule has 2 rings (SSSR count). The minimum atomic E-state index is -1.12. The van der Waals surface area contributed by atoms with Crippen LogP contribution in [0.15, 0.2) is 30.3 Å². The molecule has 0 aliphatic carbocycles. The zero-order valence-corrected chi connectivity index (χ0v) is 16.1. The van der Waals surface area contributed by atoms with E-state index >= 15 is 0 Å². The van der Waals surface area contributed by atoms with E-state index in [1.165, 1.54) is 17.2 Å². The smallest absolute Gasteiger partial charge is 0.186 e. The van der Waals surface area contributed by atoms with Gasteiger partial charge in [-0.1, -0.05) is 11.6 Å². The van der Waals surface area contributed by atoms with Gasteiger partial charge in [0.25, 0.3) is 0 Å². The second kappa shape index (κ2) is 8.42. The third-order valence-corrected chi connectivity index (χ3v) is 4.40. The van der Waals surface area contributed by atoms with Gasteiger partial charge in [-0.3, -0.25) is 4.84 Å². The second-order valence-electron chi connectivity index (χ2n) is 5.35. The van der Waals surface area contributed by atoms with Gasteiger partial charge in [0.1, 0.15) is 5.69 Å². The van der Waals surface area contributed by atoms with Gasteiger partial charge in [0.2, 0.25) is 0 Å². The van der Waals surface area contributed by atoms with Crippen LogP contribution in [0.3, 0.4) is 0 Å². The van der Waals surface area contributed by atoms with Gasteiger partial charge < -0.3 is 5.11 Å². The molecule has 0 bridgehead atoms. The number of aliphatic hydroxyl groups is 1. The number of halogens is 4. The first-order valence-electron chi connectivity index (χ1n) is 7.32. The van der Waals surface area contributed by atoms with Crippen molar-refractivity contribution < 1.29 is 18.7 Å². The van der Waals surface area contributed by atoms with Crippen LogP contribution in [0, 0.1) is 22.1 Å². The number of hydrogen-bond acceptors (Lipinski definition) is 3. The highest BCUT2D eigenvalue weighted by Crippen LogP contribution is 2.35. The number of aryl methyl sites for hydroxylation is 1. The van der Waals surface area contributed by atoms with Crippen molar-refractivity contribution in [2.75, 3.05) is 11.7 Å². The molecule has 0 aliphatic heterocycles. The molecule has 1 unspecified atom stereocenters. The predicted octanol–water partition coefficient (Wildman–Crippen LogP) is 5.37. The van der Waals surface area contributed by atoms with E-state index in [0.717, 1.165) is 9.13 Å². The van der Waals surface area contributed by atoms with E-state index in [1.807, 2.05) is 19.1 Å². The fourth-order valence-corrected chi connectivity index (χ4v) is 2.97. The quantitative estimate of drug-likeness (QED) is 0.352. The van der Waals surface area contributed by atoms with E-state index in [1.54, 1.807) is 13.0 Å². The largest absolute Gasteiger partial charge is 0.396 e. The van der Waals surface area contributed by atoms with Gasteiger partial charge in [0.15, 0.2) is 11.6 Å². The van der Waals surface area contributed by atoms with Gasteiger partial charge in [0, 0.05) is 10.2 Å². The molecule has 3 nitrogen and oxygen atoms in total. The van der Waals surface area contributed by atoms with Crippen LogP contribution in [0.4, 0.5) is 20.2 Å². The van der Waals surface area contributed by atoms with Gasteiger partial charge in [-0.2, -0.15) is 0 Å². The van der Waals surface area contributed by atoms with E-state index in [0.29, 0.717) is 12.1 Å². The number of anilines is 2. The van der Waals surface area contributed by atoms with Gasteiger partial charge in [-0.05, 0) is 78.8 Å². The number of aliphatic hydroxyl groups excluding tert-OH is 1. The Labute approximate surface area is 158 Å². The lowest BCUT2D eigenvalue weighted by Gasteiger charge is -2.29. The summed E-state index contributed by atoms with van der Waals surface area (Å²) in [6, 6.07) is 8.18. The lowest BCUT2D eigenvalue weighted by Crippen LogP contribution is -2.26. The van der Waals surface area contributed by atoms with Gasteiger partial charge in [-0.15, -0.1) is 0 Å². The molecule has 130 valence electrons. The van der Waals surface area contributed by atoms with Crippen molar-refractivity contribution in [2.24, 2.45) is 0 Å². The maximum Gasteiger partial charge on any atom is 0.186 e. The van der Waals surface area contributed by atoms with Crippen molar-refractivity contribution in [3.8, 4) is 0 Å². The summed E-state index contributed by atoms with van der Waals surface area (Å²) in [6.07, 6.45) is -0.0377. The van der Waals surface area contributed by atoms with Gasteiger partial charge in [0.05, 0.1) is 16.8 Å². The van der Waals surface area contributed by atoms with Crippen LogP contribution in [-0.2, 0) is 4.84 Å². The molecule has 2 aromatic carbocycles. The molecular weight excluding hydrogens is 451 g/mol. The second-order valence-corrected chi connectivity index (χ2v) is 7.00. The Morgan fingerprint density at radius 2 is 1.88 bits per heavy atom. The van der Waals surface area contributed by atoms with E-state index in [4.69, 9.17) is 21.5 Å². The summed E-state index contributed by atoms with van der Waals surface area (Å²) in [5, 5.41) is 10.0. The first-order valence-corrected chi connectivity index (χ1v) is 8.78. The molecule has 0 heterocycles. The van der Waals surface area contributed by atoms with Crippen molar-refractivity contribution in [2.45, 2.75) is 26.4 Å². The van der Waals surface area contributed by atoms with Crippen LogP contribution in [0.2, 0.25) is 5.02 Å². The lowest BCUT2D eigenvalue weighted by molar-refractivity contribution is 0.0469. The first kappa shape index (κ1) is 19.4. The van der Waals surface area contributed by atoms with Crippen molar-refractivity contribution in [3.63, 3.8) is 0 Å². The van der Waals surface area contributed by atoms with Gasteiger partial charge >= 0.3 is 0 Å². The molecule has 0 saturated carbocycles. The molecular formula is C17H17ClF2INO2. The standard InChI is InChI=1S/C17H17ClF2INO2/c1-10-9-12(21)3-5-14(10)22(24-11(2)7-8-23)15-6-4-13(18)16(19)17(15)20/h3-6,9,11,23H,7-8H2,1-2H3. The maximum absolute atomic E-state index is 14.4. The van der Waals surface area contributed by atoms with Crippen molar-refractivity contribution in [1.82, 2.24) is 0 Å². The minimum Gasteiger partial charge on any atom is -0.396 e. The number of hydrogen-bond donors (Lipinski definition) is 1. The Bertz CT molecular complexity index is 730. The molecule has 2 aromatic rings. The average Bonchev–Trinajstić information content (AvgIpc) is 2.52. The Hall–Kier alpha value is -0.960. The third kappa shape index (κ3) is 4.36. The molecule has 0 radical (unpaired) electrons. The van der Waals surface area contributed by atoms with Crippen molar-refractivity contribution in [1.29, 1.82) is 0 Å². The Morgan fingerprint density at radius 1 is 1.21 bits per heavy atom. The Morgan fingerprint density at radius 3 is 2.50 bits per heavy atom. The van der Waals surface area contributed by atoms with Crippen LogP contribution in [0.1, 0.15) is 18.9 Å². The molecule has 0 spiro atoms. The van der Waals surface area contributed by atoms with E-state index in [9.17, 15) is 8.78 Å². The molecule has 0 saturated heterocycles. The summed E-state index contributed by atoms with van der Waals surface area (Å²) >= 11 is 7.81. The molecule has 1 atom stereocenters. The highest BCUT2D eigenvalue weighted by atomic mass is 127. The number of benzene rings is 2. The summed E-state index contributed by atoms with van der Waals surface area (Å²) in [6.45, 7) is 3.53. The fraction of sp³-hybridized carbons (Fsp3) is 0.294. The highest BCUT2D eigenvalue weighted by molar-refractivity contribution is 14.1. The van der Waals surface area contributed by atoms with Crippen molar-refractivity contribution >= 4 is 45.6 Å². The Balaban J connectivity index is 2.53. The first-order chi connectivity index (χ1) is 11.3. The maximum atomic E-state index is 14.4. The Kier molecular flexibility index (Phi) is 6.79. The number of rotatable bonds is 6. The van der Waals surface area contributed by atoms with Crippen LogP contribution >= 0.6 is 34.2 Å². The zero-order valence-electron chi connectivity index (χ0n) is 13.2. The monoisotopic (exact) mass is 467 g/mol. The van der Waals surface area contributed by atoms with E-state index in [2.05, 4.69) is 22.6 Å². The summed E-state index contributed by atoms with van der Waals surface area (Å²) in [7, 11) is 0. The topological polar surface area (TPSA) is 32.7 Å². The molecule has 0 aliphatic rings. The minimum absolute atomic E-state index is 0.0713. The molecule has 1 N–H and O–H groups in total.